The summed E-state index contributed by atoms with van der Waals surface area (Å²) in [4.78, 5) is 16.1. The molecule has 7 heteroatoms. The van der Waals surface area contributed by atoms with E-state index in [4.69, 9.17) is 4.84 Å². The number of thioether (sulfide) groups is 1. The highest BCUT2D eigenvalue weighted by Crippen LogP contribution is 2.37. The van der Waals surface area contributed by atoms with Gasteiger partial charge in [0.25, 0.3) is 5.91 Å². The van der Waals surface area contributed by atoms with E-state index in [2.05, 4.69) is 15.7 Å². The largest absolute Gasteiger partial charge is 0.306 e. The van der Waals surface area contributed by atoms with Gasteiger partial charge in [0.05, 0.1) is 12.4 Å². The minimum atomic E-state index is -0.155. The summed E-state index contributed by atoms with van der Waals surface area (Å²) in [5.41, 5.74) is 2.34. The van der Waals surface area contributed by atoms with E-state index in [1.807, 2.05) is 11.5 Å². The van der Waals surface area contributed by atoms with Crippen molar-refractivity contribution in [2.45, 2.75) is 31.0 Å². The number of rotatable bonds is 6. The number of nitrogens with zero attached hydrogens (tertiary/aromatic N) is 3. The van der Waals surface area contributed by atoms with Gasteiger partial charge in [-0.15, -0.1) is 10.2 Å². The average molecular weight is 242 g/mol. The van der Waals surface area contributed by atoms with Crippen LogP contribution in [0.1, 0.15) is 25.8 Å². The maximum atomic E-state index is 11.3. The van der Waals surface area contributed by atoms with Crippen molar-refractivity contribution in [3.05, 3.63) is 6.33 Å². The van der Waals surface area contributed by atoms with Gasteiger partial charge in [0.2, 0.25) is 0 Å². The Morgan fingerprint density at radius 2 is 2.56 bits per heavy atom. The SMILES string of the molecule is CCONC(=O)CSc1nncn1C1CC1. The van der Waals surface area contributed by atoms with Gasteiger partial charge in [-0.05, 0) is 19.8 Å². The fourth-order valence-electron chi connectivity index (χ4n) is 1.25. The van der Waals surface area contributed by atoms with Crippen LogP contribution < -0.4 is 5.48 Å². The van der Waals surface area contributed by atoms with Crippen LogP contribution in [0.15, 0.2) is 11.5 Å². The molecule has 16 heavy (non-hydrogen) atoms. The molecule has 1 heterocycles. The molecule has 1 aliphatic rings. The minimum Gasteiger partial charge on any atom is -0.306 e. The molecule has 0 saturated heterocycles. The summed E-state index contributed by atoms with van der Waals surface area (Å²) in [5, 5.41) is 8.64. The highest BCUT2D eigenvalue weighted by molar-refractivity contribution is 7.99. The molecule has 0 aliphatic heterocycles. The van der Waals surface area contributed by atoms with E-state index in [0.29, 0.717) is 18.4 Å². The molecule has 1 saturated carbocycles. The number of nitrogens with one attached hydrogen (secondary N) is 1. The zero-order valence-corrected chi connectivity index (χ0v) is 9.87. The Morgan fingerprint density at radius 3 is 3.25 bits per heavy atom. The second kappa shape index (κ2) is 5.31. The summed E-state index contributed by atoms with van der Waals surface area (Å²) in [6, 6.07) is 0.535. The number of carbonyl (C=O) groups excluding carboxylic acids is 1. The number of carbonyl (C=O) groups is 1. The van der Waals surface area contributed by atoms with E-state index < -0.39 is 0 Å². The van der Waals surface area contributed by atoms with Crippen LogP contribution in [0.25, 0.3) is 0 Å². The van der Waals surface area contributed by atoms with E-state index in [1.54, 1.807) is 6.33 Å². The van der Waals surface area contributed by atoms with Gasteiger partial charge in [0.1, 0.15) is 6.33 Å². The van der Waals surface area contributed by atoms with Crippen molar-refractivity contribution in [2.24, 2.45) is 0 Å². The van der Waals surface area contributed by atoms with Gasteiger partial charge >= 0.3 is 0 Å². The van der Waals surface area contributed by atoms with Gasteiger partial charge in [-0.25, -0.2) is 5.48 Å². The lowest BCUT2D eigenvalue weighted by Crippen LogP contribution is -2.25. The Kier molecular flexibility index (Phi) is 3.79. The molecule has 0 unspecified atom stereocenters. The second-order valence-corrected chi connectivity index (χ2v) is 4.44. The average Bonchev–Trinajstić information content (AvgIpc) is 3.03. The predicted octanol–water partition coefficient (Wildman–Crippen LogP) is 0.773. The lowest BCUT2D eigenvalue weighted by atomic mass is 10.7. The second-order valence-electron chi connectivity index (χ2n) is 3.50. The van der Waals surface area contributed by atoms with Gasteiger partial charge in [0.15, 0.2) is 5.16 Å². The van der Waals surface area contributed by atoms with Crippen LogP contribution in [0, 0.1) is 0 Å². The molecule has 1 aliphatic carbocycles. The fraction of sp³-hybridized carbons (Fsp3) is 0.667. The first-order chi connectivity index (χ1) is 7.81. The summed E-state index contributed by atoms with van der Waals surface area (Å²) < 4.78 is 2.03. The number of hydrogen-bond donors (Lipinski definition) is 1. The van der Waals surface area contributed by atoms with Crippen LogP contribution in [-0.4, -0.2) is 33.0 Å². The van der Waals surface area contributed by atoms with Crippen LogP contribution in [0.5, 0.6) is 0 Å². The van der Waals surface area contributed by atoms with E-state index >= 15 is 0 Å². The summed E-state index contributed by atoms with van der Waals surface area (Å²) in [5.74, 6) is 0.142. The van der Waals surface area contributed by atoms with Gasteiger partial charge in [-0.1, -0.05) is 11.8 Å². The Morgan fingerprint density at radius 1 is 1.75 bits per heavy atom. The number of hydroxylamine groups is 1. The predicted molar refractivity (Wildman–Crippen MR) is 58.8 cm³/mol. The zero-order valence-electron chi connectivity index (χ0n) is 9.05. The molecule has 1 N–H and O–H groups in total. The van der Waals surface area contributed by atoms with Crippen LogP contribution in [0.3, 0.4) is 0 Å². The van der Waals surface area contributed by atoms with Gasteiger partial charge in [0, 0.05) is 6.04 Å². The topological polar surface area (TPSA) is 69.0 Å². The maximum Gasteiger partial charge on any atom is 0.254 e. The lowest BCUT2D eigenvalue weighted by molar-refractivity contribution is -0.130. The van der Waals surface area contributed by atoms with Crippen molar-refractivity contribution in [2.75, 3.05) is 12.4 Å². The van der Waals surface area contributed by atoms with Crippen LogP contribution >= 0.6 is 11.8 Å². The summed E-state index contributed by atoms with van der Waals surface area (Å²) in [6.45, 7) is 2.28. The van der Waals surface area contributed by atoms with Crippen molar-refractivity contribution in [1.82, 2.24) is 20.2 Å². The fourth-order valence-corrected chi connectivity index (χ4v) is 2.02. The number of amides is 1. The smallest absolute Gasteiger partial charge is 0.254 e. The standard InChI is InChI=1S/C9H14N4O2S/c1-2-15-12-8(14)5-16-9-11-10-6-13(9)7-3-4-7/h6-7H,2-5H2,1H3,(H,12,14). The zero-order chi connectivity index (χ0) is 11.4. The summed E-state index contributed by atoms with van der Waals surface area (Å²) in [7, 11) is 0. The minimum absolute atomic E-state index is 0.155. The van der Waals surface area contributed by atoms with Crippen LogP contribution in [0.4, 0.5) is 0 Å². The van der Waals surface area contributed by atoms with E-state index in [-0.39, 0.29) is 5.91 Å². The summed E-state index contributed by atoms with van der Waals surface area (Å²) >= 11 is 1.38. The first kappa shape index (κ1) is 11.4. The molecule has 1 fully saturated rings. The van der Waals surface area contributed by atoms with Crippen LogP contribution in [0.2, 0.25) is 0 Å². The van der Waals surface area contributed by atoms with Gasteiger partial charge < -0.3 is 4.57 Å². The van der Waals surface area contributed by atoms with Crippen molar-refractivity contribution < 1.29 is 9.63 Å². The molecule has 6 nitrogen and oxygen atoms in total. The molecular formula is C9H14N4O2S. The van der Waals surface area contributed by atoms with Crippen LogP contribution in [-0.2, 0) is 9.63 Å². The third-order valence-corrected chi connectivity index (χ3v) is 3.10. The molecule has 1 aromatic heterocycles. The molecule has 1 amide bonds. The lowest BCUT2D eigenvalue weighted by Gasteiger charge is -2.04. The van der Waals surface area contributed by atoms with E-state index in [1.165, 1.54) is 24.6 Å². The molecule has 0 aromatic carbocycles. The molecule has 0 spiro atoms. The number of aromatic nitrogens is 3. The molecule has 0 bridgehead atoms. The Hall–Kier alpha value is -1.08. The molecular weight excluding hydrogens is 228 g/mol. The van der Waals surface area contributed by atoms with Crippen molar-refractivity contribution in [1.29, 1.82) is 0 Å². The highest BCUT2D eigenvalue weighted by atomic mass is 32.2. The Labute approximate surface area is 97.7 Å². The normalized spacial score (nSPS) is 15.1. The monoisotopic (exact) mass is 242 g/mol. The maximum absolute atomic E-state index is 11.3. The highest BCUT2D eigenvalue weighted by Gasteiger charge is 2.26. The van der Waals surface area contributed by atoms with E-state index in [9.17, 15) is 4.79 Å². The number of hydrogen-bond acceptors (Lipinski definition) is 5. The van der Waals surface area contributed by atoms with Gasteiger partial charge in [-0.2, -0.15) is 0 Å². The first-order valence-electron chi connectivity index (χ1n) is 5.24. The Balaban J connectivity index is 1.80. The van der Waals surface area contributed by atoms with Crippen molar-refractivity contribution in [3.63, 3.8) is 0 Å². The first-order valence-corrected chi connectivity index (χ1v) is 6.22. The molecule has 1 aromatic rings. The third-order valence-electron chi connectivity index (χ3n) is 2.14. The molecule has 88 valence electrons. The van der Waals surface area contributed by atoms with Crippen molar-refractivity contribution in [3.8, 4) is 0 Å². The molecule has 0 atom stereocenters. The van der Waals surface area contributed by atoms with Gasteiger partial charge in [-0.3, -0.25) is 9.63 Å². The third kappa shape index (κ3) is 2.96. The molecule has 2 rings (SSSR count). The Bertz CT molecular complexity index is 364. The van der Waals surface area contributed by atoms with E-state index in [0.717, 1.165) is 5.16 Å². The quantitative estimate of drug-likeness (QED) is 0.589. The van der Waals surface area contributed by atoms with Crippen molar-refractivity contribution >= 4 is 17.7 Å². The molecule has 0 radical (unpaired) electrons. The summed E-state index contributed by atoms with van der Waals surface area (Å²) in [6.07, 6.45) is 4.08.